The third-order valence-electron chi connectivity index (χ3n) is 5.51. The van der Waals surface area contributed by atoms with E-state index >= 15 is 0 Å². The van der Waals surface area contributed by atoms with Crippen LogP contribution in [0.3, 0.4) is 0 Å². The van der Waals surface area contributed by atoms with Crippen molar-refractivity contribution in [1.29, 1.82) is 0 Å². The molecule has 1 unspecified atom stereocenters. The van der Waals surface area contributed by atoms with Crippen molar-refractivity contribution in [2.45, 2.75) is 38.3 Å². The van der Waals surface area contributed by atoms with Crippen molar-refractivity contribution in [3.63, 3.8) is 0 Å². The van der Waals surface area contributed by atoms with Gasteiger partial charge in [-0.15, -0.1) is 11.3 Å². The number of amides is 3. The predicted molar refractivity (Wildman–Crippen MR) is 102 cm³/mol. The number of hydrogen-bond donors (Lipinski definition) is 1. The van der Waals surface area contributed by atoms with E-state index in [1.165, 1.54) is 9.78 Å². The second-order valence-electron chi connectivity index (χ2n) is 6.97. The van der Waals surface area contributed by atoms with Gasteiger partial charge >= 0.3 is 6.03 Å². The number of hydrogen-bond acceptors (Lipinski definition) is 5. The number of aryl methyl sites for hydroxylation is 2. The van der Waals surface area contributed by atoms with E-state index < -0.39 is 5.54 Å². The van der Waals surface area contributed by atoms with E-state index in [0.29, 0.717) is 17.9 Å². The number of thiophene rings is 1. The number of imide groups is 1. The summed E-state index contributed by atoms with van der Waals surface area (Å²) in [5.41, 5.74) is 1.85. The van der Waals surface area contributed by atoms with Crippen molar-refractivity contribution < 1.29 is 19.1 Å². The van der Waals surface area contributed by atoms with Gasteiger partial charge in [-0.1, -0.05) is 0 Å². The Morgan fingerprint density at radius 2 is 1.96 bits per heavy atom. The van der Waals surface area contributed by atoms with Gasteiger partial charge in [0.1, 0.15) is 5.54 Å². The van der Waals surface area contributed by atoms with Gasteiger partial charge in [0, 0.05) is 10.4 Å². The molecule has 2 aromatic rings. The number of nitrogens with zero attached hydrogens (tertiary/aromatic N) is 1. The number of nitrogens with one attached hydrogen (secondary N) is 1. The number of fused-ring (bicyclic) bond motifs is 2. The van der Waals surface area contributed by atoms with Gasteiger partial charge in [-0.3, -0.25) is 9.69 Å². The number of benzene rings is 1. The molecule has 1 aliphatic carbocycles. The predicted octanol–water partition coefficient (Wildman–Crippen LogP) is 3.36. The Kier molecular flexibility index (Phi) is 4.34. The van der Waals surface area contributed by atoms with Gasteiger partial charge in [0.25, 0.3) is 5.91 Å². The molecule has 1 aromatic heterocycles. The maximum Gasteiger partial charge on any atom is 0.325 e. The van der Waals surface area contributed by atoms with Crippen molar-refractivity contribution >= 4 is 23.3 Å². The lowest BCUT2D eigenvalue weighted by atomic mass is 9.80. The van der Waals surface area contributed by atoms with Crippen LogP contribution in [-0.4, -0.2) is 31.1 Å². The summed E-state index contributed by atoms with van der Waals surface area (Å²) in [7, 11) is 3.15. The number of carbonyl (C=O) groups is 2. The molecule has 6 nitrogen and oxygen atoms in total. The number of ether oxygens (including phenoxy) is 2. The highest BCUT2D eigenvalue weighted by Crippen LogP contribution is 2.42. The van der Waals surface area contributed by atoms with Gasteiger partial charge in [-0.2, -0.15) is 0 Å². The summed E-state index contributed by atoms with van der Waals surface area (Å²) < 4.78 is 10.7. The van der Waals surface area contributed by atoms with E-state index in [9.17, 15) is 9.59 Å². The number of carbonyl (C=O) groups excluding carboxylic acids is 2. The zero-order chi connectivity index (χ0) is 19.2. The molecule has 0 radical (unpaired) electrons. The first-order valence-corrected chi connectivity index (χ1v) is 9.80. The summed E-state index contributed by atoms with van der Waals surface area (Å²) in [5.74, 6) is 1.04. The Morgan fingerprint density at radius 1 is 1.22 bits per heavy atom. The largest absolute Gasteiger partial charge is 0.493 e. The molecule has 4 rings (SSSR count). The topological polar surface area (TPSA) is 67.9 Å². The molecule has 1 fully saturated rings. The minimum absolute atomic E-state index is 0.166. The maximum atomic E-state index is 13.3. The summed E-state index contributed by atoms with van der Waals surface area (Å²) >= 11 is 1.65. The highest BCUT2D eigenvalue weighted by molar-refractivity contribution is 7.10. The minimum Gasteiger partial charge on any atom is -0.493 e. The van der Waals surface area contributed by atoms with E-state index in [2.05, 4.69) is 5.32 Å². The van der Waals surface area contributed by atoms with Crippen LogP contribution in [-0.2, 0) is 23.3 Å². The van der Waals surface area contributed by atoms with Crippen molar-refractivity contribution in [2.75, 3.05) is 14.2 Å². The standard InChI is InChI=1S/C20H22N2O4S/c1-12-9-15(25-2)16(26-3)10-13(12)11-22-18(23)20(21-19(22)24)7-4-5-17-14(20)6-8-27-17/h6,8-10H,4-5,7,11H2,1-3H3,(H,21,24). The van der Waals surface area contributed by atoms with Crippen LogP contribution >= 0.6 is 11.3 Å². The van der Waals surface area contributed by atoms with Crippen molar-refractivity contribution in [3.8, 4) is 11.5 Å². The molecule has 142 valence electrons. The quantitative estimate of drug-likeness (QED) is 0.818. The molecule has 1 spiro atoms. The molecular weight excluding hydrogens is 364 g/mol. The molecule has 2 heterocycles. The molecule has 0 saturated carbocycles. The fraction of sp³-hybridized carbons (Fsp3) is 0.400. The van der Waals surface area contributed by atoms with E-state index in [1.54, 1.807) is 25.6 Å². The van der Waals surface area contributed by atoms with Gasteiger partial charge < -0.3 is 14.8 Å². The molecule has 3 amide bonds. The first-order valence-electron chi connectivity index (χ1n) is 8.92. The summed E-state index contributed by atoms with van der Waals surface area (Å²) in [6.07, 6.45) is 2.50. The van der Waals surface area contributed by atoms with Crippen LogP contribution < -0.4 is 14.8 Å². The third-order valence-corrected chi connectivity index (χ3v) is 6.49. The lowest BCUT2D eigenvalue weighted by Gasteiger charge is -2.31. The highest BCUT2D eigenvalue weighted by atomic mass is 32.1. The lowest BCUT2D eigenvalue weighted by Crippen LogP contribution is -2.46. The Morgan fingerprint density at radius 3 is 2.70 bits per heavy atom. The average Bonchev–Trinajstić information content (AvgIpc) is 3.23. The molecule has 1 saturated heterocycles. The van der Waals surface area contributed by atoms with Crippen LogP contribution in [0.2, 0.25) is 0 Å². The second-order valence-corrected chi connectivity index (χ2v) is 7.97. The zero-order valence-corrected chi connectivity index (χ0v) is 16.4. The van der Waals surface area contributed by atoms with Crippen LogP contribution in [0.5, 0.6) is 11.5 Å². The smallest absolute Gasteiger partial charge is 0.325 e. The molecular formula is C20H22N2O4S. The fourth-order valence-corrected chi connectivity index (χ4v) is 5.05. The number of rotatable bonds is 4. The minimum atomic E-state index is -0.908. The third kappa shape index (κ3) is 2.68. The van der Waals surface area contributed by atoms with E-state index in [-0.39, 0.29) is 18.5 Å². The number of urea groups is 1. The summed E-state index contributed by atoms with van der Waals surface area (Å²) in [4.78, 5) is 28.6. The zero-order valence-electron chi connectivity index (χ0n) is 15.6. The van der Waals surface area contributed by atoms with Crippen LogP contribution in [0.25, 0.3) is 0 Å². The van der Waals surface area contributed by atoms with Crippen LogP contribution in [0, 0.1) is 6.92 Å². The monoisotopic (exact) mass is 386 g/mol. The lowest BCUT2D eigenvalue weighted by molar-refractivity contribution is -0.132. The fourth-order valence-electron chi connectivity index (χ4n) is 4.05. The van der Waals surface area contributed by atoms with E-state index in [1.807, 2.05) is 30.5 Å². The molecule has 1 N–H and O–H groups in total. The van der Waals surface area contributed by atoms with E-state index in [0.717, 1.165) is 29.5 Å². The first-order chi connectivity index (χ1) is 13.0. The summed E-state index contributed by atoms with van der Waals surface area (Å²) in [5, 5.41) is 4.99. The Bertz CT molecular complexity index is 923. The summed E-state index contributed by atoms with van der Waals surface area (Å²) in [6.45, 7) is 2.14. The molecule has 1 aromatic carbocycles. The summed E-state index contributed by atoms with van der Waals surface area (Å²) in [6, 6.07) is 5.33. The molecule has 7 heteroatoms. The van der Waals surface area contributed by atoms with Gasteiger partial charge in [0.15, 0.2) is 11.5 Å². The van der Waals surface area contributed by atoms with Gasteiger partial charge in [-0.25, -0.2) is 4.79 Å². The Balaban J connectivity index is 1.67. The highest BCUT2D eigenvalue weighted by Gasteiger charge is 2.54. The van der Waals surface area contributed by atoms with Crippen molar-refractivity contribution in [3.05, 3.63) is 45.1 Å². The Labute approximate surface area is 162 Å². The van der Waals surface area contributed by atoms with Crippen LogP contribution in [0.4, 0.5) is 4.79 Å². The Hall–Kier alpha value is -2.54. The molecule has 27 heavy (non-hydrogen) atoms. The molecule has 2 aliphatic rings. The molecule has 1 atom stereocenters. The first kappa shape index (κ1) is 17.9. The SMILES string of the molecule is COc1cc(C)c(CN2C(=O)NC3(CCCc4sccc43)C2=O)cc1OC. The number of methoxy groups -OCH3 is 2. The van der Waals surface area contributed by atoms with Crippen molar-refractivity contribution in [1.82, 2.24) is 10.2 Å². The normalized spacial score (nSPS) is 21.4. The van der Waals surface area contributed by atoms with E-state index in [4.69, 9.17) is 9.47 Å². The van der Waals surface area contributed by atoms with Crippen molar-refractivity contribution in [2.24, 2.45) is 0 Å². The molecule has 1 aliphatic heterocycles. The molecule has 0 bridgehead atoms. The van der Waals surface area contributed by atoms with Gasteiger partial charge in [0.05, 0.1) is 20.8 Å². The maximum absolute atomic E-state index is 13.3. The second kappa shape index (κ2) is 6.56. The average molecular weight is 386 g/mol. The van der Waals surface area contributed by atoms with Gasteiger partial charge in [-0.05, 0) is 60.9 Å². The van der Waals surface area contributed by atoms with Crippen LogP contribution in [0.15, 0.2) is 23.6 Å². The van der Waals surface area contributed by atoms with Crippen LogP contribution in [0.1, 0.15) is 34.4 Å². The van der Waals surface area contributed by atoms with Gasteiger partial charge in [0.2, 0.25) is 0 Å².